The third-order valence-electron chi connectivity index (χ3n) is 1.66. The van der Waals surface area contributed by atoms with Gasteiger partial charge in [-0.1, -0.05) is 36.4 Å². The van der Waals surface area contributed by atoms with Gasteiger partial charge >= 0.3 is 7.82 Å². The lowest BCUT2D eigenvalue weighted by Crippen LogP contribution is -1.99. The number of benzene rings is 1. The van der Waals surface area contributed by atoms with Crippen molar-refractivity contribution in [2.24, 2.45) is 0 Å². The van der Waals surface area contributed by atoms with E-state index in [-0.39, 0.29) is 0 Å². The van der Waals surface area contributed by atoms with E-state index in [1.807, 2.05) is 84.2 Å². The van der Waals surface area contributed by atoms with Crippen LogP contribution in [0.5, 0.6) is 0 Å². The molecular formula is C19H42N3O4P. The standard InChI is InChI=1S/C10H12.3C3H9N.H3O4P/c1-3-9(2)10-7-5-4-6-8-10;3*1-4(2)3;1-5(2,3)4/h3-8H,1-2H3;3*1-3H3;(H3,1,2,3,4). The normalized spacial score (nSPS) is 10.5. The van der Waals surface area contributed by atoms with Gasteiger partial charge in [-0.05, 0) is 88.4 Å². The number of allylic oxidation sites excluding steroid dienone is 2. The van der Waals surface area contributed by atoms with Crippen molar-refractivity contribution in [3.8, 4) is 0 Å². The molecule has 0 radical (unpaired) electrons. The van der Waals surface area contributed by atoms with E-state index in [9.17, 15) is 0 Å². The van der Waals surface area contributed by atoms with Crippen molar-refractivity contribution in [2.75, 3.05) is 63.4 Å². The van der Waals surface area contributed by atoms with Gasteiger partial charge < -0.3 is 29.4 Å². The van der Waals surface area contributed by atoms with Gasteiger partial charge in [0, 0.05) is 0 Å². The largest absolute Gasteiger partial charge is 0.466 e. The van der Waals surface area contributed by atoms with Gasteiger partial charge in [0.2, 0.25) is 0 Å². The second kappa shape index (κ2) is 21.3. The van der Waals surface area contributed by atoms with E-state index >= 15 is 0 Å². The fraction of sp³-hybridized carbons (Fsp3) is 0.579. The lowest BCUT2D eigenvalue weighted by molar-refractivity contribution is 0.275. The summed E-state index contributed by atoms with van der Waals surface area (Å²) in [6.45, 7) is 4.18. The second-order valence-electron chi connectivity index (χ2n) is 6.88. The van der Waals surface area contributed by atoms with Crippen LogP contribution in [0.3, 0.4) is 0 Å². The minimum Gasteiger partial charge on any atom is -0.312 e. The van der Waals surface area contributed by atoms with Crippen molar-refractivity contribution < 1.29 is 19.2 Å². The van der Waals surface area contributed by atoms with Crippen molar-refractivity contribution in [1.82, 2.24) is 14.7 Å². The Morgan fingerprint density at radius 1 is 0.778 bits per heavy atom. The highest BCUT2D eigenvalue weighted by atomic mass is 31.2. The molecule has 3 N–H and O–H groups in total. The fourth-order valence-electron chi connectivity index (χ4n) is 0.868. The predicted molar refractivity (Wildman–Crippen MR) is 119 cm³/mol. The van der Waals surface area contributed by atoms with Gasteiger partial charge in [0.05, 0.1) is 0 Å². The van der Waals surface area contributed by atoms with E-state index in [1.165, 1.54) is 11.1 Å². The van der Waals surface area contributed by atoms with Gasteiger partial charge in [-0.2, -0.15) is 0 Å². The number of rotatable bonds is 1. The van der Waals surface area contributed by atoms with E-state index in [1.54, 1.807) is 0 Å². The summed E-state index contributed by atoms with van der Waals surface area (Å²) in [5, 5.41) is 0. The van der Waals surface area contributed by atoms with Gasteiger partial charge in [0.25, 0.3) is 0 Å². The Morgan fingerprint density at radius 2 is 1.00 bits per heavy atom. The van der Waals surface area contributed by atoms with Crippen LogP contribution in [0.4, 0.5) is 0 Å². The van der Waals surface area contributed by atoms with E-state index in [2.05, 4.69) is 44.2 Å². The van der Waals surface area contributed by atoms with Crippen molar-refractivity contribution in [3.63, 3.8) is 0 Å². The zero-order chi connectivity index (χ0) is 22.6. The molecule has 0 atom stereocenters. The SMILES string of the molecule is CC=C(C)c1ccccc1.CN(C)C.CN(C)C.CN(C)C.O=P(O)(O)O. The maximum absolute atomic E-state index is 8.88. The van der Waals surface area contributed by atoms with E-state index in [4.69, 9.17) is 19.2 Å². The molecule has 0 aliphatic carbocycles. The first-order valence-corrected chi connectivity index (χ1v) is 9.90. The quantitative estimate of drug-likeness (QED) is 0.617. The topological polar surface area (TPSA) is 87.5 Å². The smallest absolute Gasteiger partial charge is 0.312 e. The number of hydrogen-bond acceptors (Lipinski definition) is 4. The average molecular weight is 408 g/mol. The lowest BCUT2D eigenvalue weighted by Gasteiger charge is -1.97. The molecular weight excluding hydrogens is 365 g/mol. The Bertz CT molecular complexity index is 456. The molecule has 0 saturated carbocycles. The molecule has 1 rings (SSSR count). The molecule has 0 aliphatic rings. The summed E-state index contributed by atoms with van der Waals surface area (Å²) in [6.07, 6.45) is 2.12. The molecule has 0 unspecified atom stereocenters. The van der Waals surface area contributed by atoms with Gasteiger partial charge in [0.15, 0.2) is 0 Å². The van der Waals surface area contributed by atoms with Crippen LogP contribution in [0.25, 0.3) is 5.57 Å². The Labute approximate surface area is 167 Å². The van der Waals surface area contributed by atoms with Crippen LogP contribution >= 0.6 is 7.82 Å². The molecule has 1 aromatic rings. The molecule has 0 aromatic heterocycles. The Morgan fingerprint density at radius 3 is 1.19 bits per heavy atom. The summed E-state index contributed by atoms with van der Waals surface area (Å²) < 4.78 is 8.88. The summed E-state index contributed by atoms with van der Waals surface area (Å²) in [5.41, 5.74) is 2.64. The lowest BCUT2D eigenvalue weighted by atomic mass is 10.1. The Balaban J connectivity index is -0.000000134. The van der Waals surface area contributed by atoms with Crippen molar-refractivity contribution in [1.29, 1.82) is 0 Å². The van der Waals surface area contributed by atoms with Crippen LogP contribution in [-0.2, 0) is 4.57 Å². The maximum Gasteiger partial charge on any atom is 0.466 e. The van der Waals surface area contributed by atoms with E-state index < -0.39 is 7.82 Å². The first-order chi connectivity index (χ1) is 12.0. The molecule has 0 fully saturated rings. The zero-order valence-electron chi connectivity index (χ0n) is 19.0. The molecule has 0 amide bonds. The van der Waals surface area contributed by atoms with Crippen molar-refractivity contribution in [3.05, 3.63) is 42.0 Å². The summed E-state index contributed by atoms with van der Waals surface area (Å²) in [7, 11) is 13.4. The van der Waals surface area contributed by atoms with Crippen LogP contribution in [0.15, 0.2) is 36.4 Å². The van der Waals surface area contributed by atoms with Crippen LogP contribution in [0, 0.1) is 0 Å². The summed E-state index contributed by atoms with van der Waals surface area (Å²) in [6, 6.07) is 10.4. The summed E-state index contributed by atoms with van der Waals surface area (Å²) in [4.78, 5) is 27.6. The van der Waals surface area contributed by atoms with Gasteiger partial charge in [-0.25, -0.2) is 4.57 Å². The molecule has 7 nitrogen and oxygen atoms in total. The molecule has 162 valence electrons. The molecule has 8 heteroatoms. The first-order valence-electron chi connectivity index (χ1n) is 8.33. The fourth-order valence-corrected chi connectivity index (χ4v) is 0.868. The number of hydrogen-bond donors (Lipinski definition) is 3. The number of nitrogens with zero attached hydrogens (tertiary/aromatic N) is 3. The summed E-state index contributed by atoms with van der Waals surface area (Å²) >= 11 is 0. The minimum absolute atomic E-state index is 1.31. The van der Waals surface area contributed by atoms with Crippen LogP contribution in [0.1, 0.15) is 19.4 Å². The molecule has 0 aliphatic heterocycles. The monoisotopic (exact) mass is 407 g/mol. The summed E-state index contributed by atoms with van der Waals surface area (Å²) in [5.74, 6) is 0. The first kappa shape index (κ1) is 33.5. The van der Waals surface area contributed by atoms with Crippen molar-refractivity contribution in [2.45, 2.75) is 13.8 Å². The van der Waals surface area contributed by atoms with Gasteiger partial charge in [-0.3, -0.25) is 0 Å². The van der Waals surface area contributed by atoms with Crippen LogP contribution in [0.2, 0.25) is 0 Å². The van der Waals surface area contributed by atoms with Crippen LogP contribution in [-0.4, -0.2) is 92.8 Å². The van der Waals surface area contributed by atoms with Crippen molar-refractivity contribution >= 4 is 13.4 Å². The Hall–Kier alpha value is -1.05. The molecule has 1 aromatic carbocycles. The second-order valence-corrected chi connectivity index (χ2v) is 7.90. The van der Waals surface area contributed by atoms with Gasteiger partial charge in [0.1, 0.15) is 0 Å². The van der Waals surface area contributed by atoms with E-state index in [0.29, 0.717) is 0 Å². The molecule has 0 heterocycles. The highest BCUT2D eigenvalue weighted by Crippen LogP contribution is 2.25. The molecule has 0 bridgehead atoms. The minimum atomic E-state index is -4.64. The maximum atomic E-state index is 8.88. The predicted octanol–water partition coefficient (Wildman–Crippen LogP) is 2.71. The molecule has 27 heavy (non-hydrogen) atoms. The molecule has 0 saturated heterocycles. The number of phosphoric acid groups is 1. The Kier molecular flexibility index (Phi) is 26.4. The highest BCUT2D eigenvalue weighted by molar-refractivity contribution is 7.45. The average Bonchev–Trinajstić information content (AvgIpc) is 2.44. The molecule has 0 spiro atoms. The zero-order valence-corrected chi connectivity index (χ0v) is 19.9. The highest BCUT2D eigenvalue weighted by Gasteiger charge is 2.00. The van der Waals surface area contributed by atoms with Gasteiger partial charge in [-0.15, -0.1) is 0 Å². The third kappa shape index (κ3) is 78.4. The third-order valence-corrected chi connectivity index (χ3v) is 1.66. The van der Waals surface area contributed by atoms with Crippen LogP contribution < -0.4 is 0 Å². The van der Waals surface area contributed by atoms with E-state index in [0.717, 1.165) is 0 Å².